The number of halogens is 1. The summed E-state index contributed by atoms with van der Waals surface area (Å²) in [7, 11) is -3.47. The van der Waals surface area contributed by atoms with Crippen LogP contribution in [0.25, 0.3) is 0 Å². The summed E-state index contributed by atoms with van der Waals surface area (Å²) in [5, 5.41) is 0. The lowest BCUT2D eigenvalue weighted by Crippen LogP contribution is -2.38. The van der Waals surface area contributed by atoms with E-state index < -0.39 is 15.8 Å². The van der Waals surface area contributed by atoms with Gasteiger partial charge in [0.2, 0.25) is 15.9 Å². The summed E-state index contributed by atoms with van der Waals surface area (Å²) in [5.41, 5.74) is 1.46. The molecule has 1 heterocycles. The molecule has 0 unspecified atom stereocenters. The van der Waals surface area contributed by atoms with E-state index in [0.717, 1.165) is 18.4 Å². The van der Waals surface area contributed by atoms with Crippen LogP contribution in [-0.2, 0) is 21.2 Å². The SMILES string of the molecule is O=C(CCc1ccc(S(=O)(=O)NC2CC2)cc1)N1CCOc2cc(F)ccc21. The van der Waals surface area contributed by atoms with Crippen molar-refractivity contribution in [3.05, 3.63) is 53.8 Å². The zero-order valence-corrected chi connectivity index (χ0v) is 16.0. The third kappa shape index (κ3) is 4.18. The predicted molar refractivity (Wildman–Crippen MR) is 102 cm³/mol. The molecule has 8 heteroatoms. The molecule has 1 aliphatic carbocycles. The van der Waals surface area contributed by atoms with Gasteiger partial charge in [0.25, 0.3) is 0 Å². The van der Waals surface area contributed by atoms with Crippen LogP contribution >= 0.6 is 0 Å². The van der Waals surface area contributed by atoms with Crippen LogP contribution < -0.4 is 14.4 Å². The molecule has 0 spiro atoms. The Morgan fingerprint density at radius 1 is 1.18 bits per heavy atom. The molecule has 2 aliphatic rings. The number of rotatable bonds is 6. The summed E-state index contributed by atoms with van der Waals surface area (Å²) in [6.45, 7) is 0.740. The number of nitrogens with one attached hydrogen (secondary N) is 1. The van der Waals surface area contributed by atoms with Gasteiger partial charge < -0.3 is 9.64 Å². The molecule has 6 nitrogen and oxygen atoms in total. The van der Waals surface area contributed by atoms with Gasteiger partial charge in [0.15, 0.2) is 0 Å². The molecular formula is C20H21FN2O4S. The van der Waals surface area contributed by atoms with Crippen molar-refractivity contribution in [1.29, 1.82) is 0 Å². The van der Waals surface area contributed by atoms with Gasteiger partial charge in [-0.05, 0) is 49.1 Å². The molecule has 1 saturated carbocycles. The van der Waals surface area contributed by atoms with Crippen LogP contribution in [-0.4, -0.2) is 33.5 Å². The van der Waals surface area contributed by atoms with Crippen LogP contribution in [0.5, 0.6) is 5.75 Å². The number of hydrogen-bond donors (Lipinski definition) is 1. The first-order chi connectivity index (χ1) is 13.4. The van der Waals surface area contributed by atoms with Crippen LogP contribution in [0.3, 0.4) is 0 Å². The highest BCUT2D eigenvalue weighted by Gasteiger charge is 2.28. The summed E-state index contributed by atoms with van der Waals surface area (Å²) in [6.07, 6.45) is 2.53. The van der Waals surface area contributed by atoms with Gasteiger partial charge in [-0.3, -0.25) is 4.79 Å². The van der Waals surface area contributed by atoms with Gasteiger partial charge in [-0.2, -0.15) is 0 Å². The average molecular weight is 404 g/mol. The van der Waals surface area contributed by atoms with E-state index in [9.17, 15) is 17.6 Å². The number of nitrogens with zero attached hydrogens (tertiary/aromatic N) is 1. The van der Waals surface area contributed by atoms with E-state index in [1.807, 2.05) is 0 Å². The highest BCUT2D eigenvalue weighted by Crippen LogP contribution is 2.32. The normalized spacial score (nSPS) is 16.4. The number of ether oxygens (including phenoxy) is 1. The summed E-state index contributed by atoms with van der Waals surface area (Å²) in [4.78, 5) is 14.5. The molecule has 1 aliphatic heterocycles. The number of carbonyl (C=O) groups excluding carboxylic acids is 1. The molecule has 28 heavy (non-hydrogen) atoms. The van der Waals surface area contributed by atoms with Crippen molar-refractivity contribution in [2.24, 2.45) is 0 Å². The Balaban J connectivity index is 1.39. The van der Waals surface area contributed by atoms with E-state index in [-0.39, 0.29) is 23.3 Å². The molecule has 0 aromatic heterocycles. The molecule has 148 valence electrons. The Morgan fingerprint density at radius 3 is 2.64 bits per heavy atom. The first-order valence-corrected chi connectivity index (χ1v) is 10.7. The third-order valence-electron chi connectivity index (χ3n) is 4.85. The molecule has 4 rings (SSSR count). The summed E-state index contributed by atoms with van der Waals surface area (Å²) in [6, 6.07) is 10.8. The molecule has 1 fully saturated rings. The molecule has 1 amide bonds. The van der Waals surface area contributed by atoms with E-state index in [2.05, 4.69) is 4.72 Å². The number of hydrogen-bond acceptors (Lipinski definition) is 4. The first-order valence-electron chi connectivity index (χ1n) is 9.26. The Labute approximate surface area is 163 Å². The lowest BCUT2D eigenvalue weighted by atomic mass is 10.1. The number of amides is 1. The maximum Gasteiger partial charge on any atom is 0.240 e. The predicted octanol–water partition coefficient (Wildman–Crippen LogP) is 2.62. The topological polar surface area (TPSA) is 75.7 Å². The van der Waals surface area contributed by atoms with E-state index in [0.29, 0.717) is 31.0 Å². The summed E-state index contributed by atoms with van der Waals surface area (Å²) >= 11 is 0. The van der Waals surface area contributed by atoms with Crippen LogP contribution in [0.1, 0.15) is 24.8 Å². The fraction of sp³-hybridized carbons (Fsp3) is 0.350. The smallest absolute Gasteiger partial charge is 0.240 e. The van der Waals surface area contributed by atoms with Crippen molar-refractivity contribution >= 4 is 21.6 Å². The Morgan fingerprint density at radius 2 is 1.93 bits per heavy atom. The lowest BCUT2D eigenvalue weighted by Gasteiger charge is -2.29. The second-order valence-electron chi connectivity index (χ2n) is 7.05. The molecule has 0 atom stereocenters. The minimum absolute atomic E-state index is 0.0622. The van der Waals surface area contributed by atoms with Gasteiger partial charge in [-0.15, -0.1) is 0 Å². The number of aryl methyl sites for hydroxylation is 1. The third-order valence-corrected chi connectivity index (χ3v) is 6.38. The van der Waals surface area contributed by atoms with Gasteiger partial charge in [-0.25, -0.2) is 17.5 Å². The van der Waals surface area contributed by atoms with E-state index >= 15 is 0 Å². The van der Waals surface area contributed by atoms with Gasteiger partial charge in [0.1, 0.15) is 18.2 Å². The van der Waals surface area contributed by atoms with Crippen molar-refractivity contribution in [3.63, 3.8) is 0 Å². The molecule has 0 radical (unpaired) electrons. The van der Waals surface area contributed by atoms with Gasteiger partial charge in [-0.1, -0.05) is 12.1 Å². The Bertz CT molecular complexity index is 988. The average Bonchev–Trinajstić information content (AvgIpc) is 3.49. The Kier molecular flexibility index (Phi) is 5.07. The van der Waals surface area contributed by atoms with Gasteiger partial charge >= 0.3 is 0 Å². The first kappa shape index (κ1) is 18.9. The minimum atomic E-state index is -3.47. The molecule has 1 N–H and O–H groups in total. The van der Waals surface area contributed by atoms with Gasteiger partial charge in [0.05, 0.1) is 17.1 Å². The van der Waals surface area contributed by atoms with Crippen LogP contribution in [0.4, 0.5) is 10.1 Å². The van der Waals surface area contributed by atoms with Crippen molar-refractivity contribution in [1.82, 2.24) is 4.72 Å². The number of carbonyl (C=O) groups is 1. The highest BCUT2D eigenvalue weighted by atomic mass is 32.2. The lowest BCUT2D eigenvalue weighted by molar-refractivity contribution is -0.118. The van der Waals surface area contributed by atoms with Gasteiger partial charge in [0, 0.05) is 18.5 Å². The van der Waals surface area contributed by atoms with E-state index in [4.69, 9.17) is 4.74 Å². The van der Waals surface area contributed by atoms with E-state index in [1.165, 1.54) is 12.1 Å². The zero-order chi connectivity index (χ0) is 19.7. The number of anilines is 1. The molecule has 0 saturated heterocycles. The monoisotopic (exact) mass is 404 g/mol. The van der Waals surface area contributed by atoms with Crippen molar-refractivity contribution < 1.29 is 22.3 Å². The number of benzene rings is 2. The minimum Gasteiger partial charge on any atom is -0.489 e. The van der Waals surface area contributed by atoms with E-state index in [1.54, 1.807) is 35.2 Å². The summed E-state index contributed by atoms with van der Waals surface area (Å²) < 4.78 is 45.8. The maximum atomic E-state index is 13.4. The Hall–Kier alpha value is -2.45. The standard InChI is InChI=1S/C20H21FN2O4S/c21-15-4-9-18-19(13-15)27-12-11-23(18)20(24)10-3-14-1-7-17(8-2-14)28(25,26)22-16-5-6-16/h1-2,4,7-9,13,16,22H,3,5-6,10-12H2. The fourth-order valence-corrected chi connectivity index (χ4v) is 4.47. The zero-order valence-electron chi connectivity index (χ0n) is 15.2. The molecule has 2 aromatic rings. The van der Waals surface area contributed by atoms with Crippen molar-refractivity contribution in [2.75, 3.05) is 18.1 Å². The highest BCUT2D eigenvalue weighted by molar-refractivity contribution is 7.89. The second kappa shape index (κ2) is 7.52. The van der Waals surface area contributed by atoms with Crippen LogP contribution in [0.2, 0.25) is 0 Å². The van der Waals surface area contributed by atoms with Crippen LogP contribution in [0.15, 0.2) is 47.4 Å². The summed E-state index contributed by atoms with van der Waals surface area (Å²) in [5.74, 6) is -0.111. The molecule has 0 bridgehead atoms. The number of fused-ring (bicyclic) bond motifs is 1. The maximum absolute atomic E-state index is 13.4. The van der Waals surface area contributed by atoms with Crippen molar-refractivity contribution in [3.8, 4) is 5.75 Å². The van der Waals surface area contributed by atoms with Crippen molar-refractivity contribution in [2.45, 2.75) is 36.6 Å². The quantitative estimate of drug-likeness (QED) is 0.803. The van der Waals surface area contributed by atoms with Crippen LogP contribution in [0, 0.1) is 5.82 Å². The second-order valence-corrected chi connectivity index (χ2v) is 8.76. The molecule has 2 aromatic carbocycles. The molecular weight excluding hydrogens is 383 g/mol. The fourth-order valence-electron chi connectivity index (χ4n) is 3.16. The number of sulfonamides is 1. The largest absolute Gasteiger partial charge is 0.489 e.